The summed E-state index contributed by atoms with van der Waals surface area (Å²) in [5.41, 5.74) is 5.81. The number of nitrogens with zero attached hydrogens (tertiary/aromatic N) is 1. The van der Waals surface area contributed by atoms with E-state index in [9.17, 15) is 4.79 Å². The van der Waals surface area contributed by atoms with Crippen LogP contribution < -0.4 is 5.73 Å². The van der Waals surface area contributed by atoms with Crippen LogP contribution in [-0.2, 0) is 9.53 Å². The Kier molecular flexibility index (Phi) is 5.22. The molecule has 0 radical (unpaired) electrons. The molecule has 0 bridgehead atoms. The Bertz CT molecular complexity index is 231. The van der Waals surface area contributed by atoms with Gasteiger partial charge < -0.3 is 15.4 Å². The fourth-order valence-electron chi connectivity index (χ4n) is 2.09. The van der Waals surface area contributed by atoms with Crippen LogP contribution in [0, 0.1) is 5.92 Å². The summed E-state index contributed by atoms with van der Waals surface area (Å²) in [6.45, 7) is 5.27. The van der Waals surface area contributed by atoms with E-state index in [0.717, 1.165) is 19.3 Å². The predicted octanol–water partition coefficient (Wildman–Crippen LogP) is 0.997. The Morgan fingerprint density at radius 2 is 2.19 bits per heavy atom. The first-order chi connectivity index (χ1) is 7.50. The lowest BCUT2D eigenvalue weighted by Gasteiger charge is -2.21. The van der Waals surface area contributed by atoms with Gasteiger partial charge in [0.25, 0.3) is 0 Å². The summed E-state index contributed by atoms with van der Waals surface area (Å²) < 4.78 is 5.43. The van der Waals surface area contributed by atoms with E-state index in [1.54, 1.807) is 4.90 Å². The van der Waals surface area contributed by atoms with E-state index < -0.39 is 0 Å². The van der Waals surface area contributed by atoms with Crippen molar-refractivity contribution >= 4 is 5.91 Å². The molecular formula is C12H24N2O2. The minimum atomic E-state index is 0.138. The lowest BCUT2D eigenvalue weighted by Crippen LogP contribution is -2.35. The van der Waals surface area contributed by atoms with E-state index in [1.165, 1.54) is 0 Å². The maximum Gasteiger partial charge on any atom is 0.225 e. The average molecular weight is 228 g/mol. The number of likely N-dealkylation sites (N-methyl/N-ethyl adjacent to an activating group) is 1. The van der Waals surface area contributed by atoms with Crippen molar-refractivity contribution in [2.45, 2.75) is 45.3 Å². The van der Waals surface area contributed by atoms with Crippen LogP contribution in [0.4, 0.5) is 0 Å². The van der Waals surface area contributed by atoms with E-state index in [4.69, 9.17) is 10.5 Å². The van der Waals surface area contributed by atoms with Crippen LogP contribution >= 0.6 is 0 Å². The molecule has 1 rings (SSSR count). The van der Waals surface area contributed by atoms with Crippen LogP contribution in [-0.4, -0.2) is 43.2 Å². The van der Waals surface area contributed by atoms with Gasteiger partial charge in [-0.25, -0.2) is 0 Å². The molecule has 2 atom stereocenters. The first kappa shape index (κ1) is 13.5. The summed E-state index contributed by atoms with van der Waals surface area (Å²) >= 11 is 0. The molecule has 1 saturated carbocycles. The highest BCUT2D eigenvalue weighted by Crippen LogP contribution is 2.25. The SMILES string of the molecule is CC(C)OCCN(C)C(=O)C1CCC(N)C1. The Hall–Kier alpha value is -0.610. The number of nitrogens with two attached hydrogens (primary N) is 1. The molecule has 1 amide bonds. The molecule has 0 aromatic carbocycles. The van der Waals surface area contributed by atoms with Crippen LogP contribution in [0.5, 0.6) is 0 Å². The lowest BCUT2D eigenvalue weighted by molar-refractivity contribution is -0.134. The lowest BCUT2D eigenvalue weighted by atomic mass is 10.1. The van der Waals surface area contributed by atoms with Crippen molar-refractivity contribution in [1.82, 2.24) is 4.90 Å². The molecule has 0 heterocycles. The second kappa shape index (κ2) is 6.21. The number of hydrogen-bond acceptors (Lipinski definition) is 3. The molecule has 0 saturated heterocycles. The Morgan fingerprint density at radius 1 is 1.50 bits per heavy atom. The van der Waals surface area contributed by atoms with Gasteiger partial charge in [-0.1, -0.05) is 0 Å². The van der Waals surface area contributed by atoms with E-state index in [-0.39, 0.29) is 24.0 Å². The van der Waals surface area contributed by atoms with Gasteiger partial charge >= 0.3 is 0 Å². The van der Waals surface area contributed by atoms with Gasteiger partial charge in [-0.3, -0.25) is 4.79 Å². The number of carbonyl (C=O) groups is 1. The van der Waals surface area contributed by atoms with Crippen molar-refractivity contribution in [2.24, 2.45) is 11.7 Å². The predicted molar refractivity (Wildman–Crippen MR) is 64.0 cm³/mol. The molecule has 94 valence electrons. The highest BCUT2D eigenvalue weighted by atomic mass is 16.5. The number of ether oxygens (including phenoxy) is 1. The average Bonchev–Trinajstić information content (AvgIpc) is 2.63. The van der Waals surface area contributed by atoms with E-state index in [0.29, 0.717) is 13.2 Å². The Labute approximate surface area is 98.1 Å². The van der Waals surface area contributed by atoms with Crippen molar-refractivity contribution in [3.05, 3.63) is 0 Å². The fourth-order valence-corrected chi connectivity index (χ4v) is 2.09. The Morgan fingerprint density at radius 3 is 2.69 bits per heavy atom. The fraction of sp³-hybridized carbons (Fsp3) is 0.917. The van der Waals surface area contributed by atoms with Crippen LogP contribution in [0.15, 0.2) is 0 Å². The number of hydrogen-bond donors (Lipinski definition) is 1. The maximum absolute atomic E-state index is 12.0. The van der Waals surface area contributed by atoms with Crippen molar-refractivity contribution in [3.8, 4) is 0 Å². The molecule has 16 heavy (non-hydrogen) atoms. The quantitative estimate of drug-likeness (QED) is 0.763. The molecule has 4 nitrogen and oxygen atoms in total. The molecule has 0 aromatic heterocycles. The minimum absolute atomic E-state index is 0.138. The van der Waals surface area contributed by atoms with Gasteiger partial charge in [0.1, 0.15) is 0 Å². The van der Waals surface area contributed by atoms with Gasteiger partial charge in [-0.15, -0.1) is 0 Å². The summed E-state index contributed by atoms with van der Waals surface area (Å²) in [6, 6.07) is 0.217. The highest BCUT2D eigenvalue weighted by Gasteiger charge is 2.29. The van der Waals surface area contributed by atoms with Crippen LogP contribution in [0.1, 0.15) is 33.1 Å². The largest absolute Gasteiger partial charge is 0.377 e. The minimum Gasteiger partial charge on any atom is -0.377 e. The van der Waals surface area contributed by atoms with Gasteiger partial charge in [0.2, 0.25) is 5.91 Å². The summed E-state index contributed by atoms with van der Waals surface area (Å²) in [6.07, 6.45) is 2.99. The van der Waals surface area contributed by atoms with Crippen molar-refractivity contribution < 1.29 is 9.53 Å². The molecular weight excluding hydrogens is 204 g/mol. The second-order valence-corrected chi connectivity index (χ2v) is 4.95. The highest BCUT2D eigenvalue weighted by molar-refractivity contribution is 5.78. The van der Waals surface area contributed by atoms with Crippen molar-refractivity contribution in [2.75, 3.05) is 20.2 Å². The number of rotatable bonds is 5. The van der Waals surface area contributed by atoms with Gasteiger partial charge in [0, 0.05) is 25.6 Å². The molecule has 0 aromatic rings. The molecule has 1 aliphatic rings. The number of amides is 1. The van der Waals surface area contributed by atoms with Crippen LogP contribution in [0.25, 0.3) is 0 Å². The van der Waals surface area contributed by atoms with Gasteiger partial charge in [-0.2, -0.15) is 0 Å². The summed E-state index contributed by atoms with van der Waals surface area (Å²) in [4.78, 5) is 13.8. The van der Waals surface area contributed by atoms with Gasteiger partial charge in [0.05, 0.1) is 12.7 Å². The normalized spacial score (nSPS) is 25.1. The number of carbonyl (C=O) groups excluding carboxylic acids is 1. The third-order valence-corrected chi connectivity index (χ3v) is 3.08. The monoisotopic (exact) mass is 228 g/mol. The molecule has 2 N–H and O–H groups in total. The molecule has 0 aliphatic heterocycles. The molecule has 0 spiro atoms. The van der Waals surface area contributed by atoms with Crippen LogP contribution in [0.3, 0.4) is 0 Å². The summed E-state index contributed by atoms with van der Waals surface area (Å²) in [5, 5.41) is 0. The zero-order chi connectivity index (χ0) is 12.1. The molecule has 1 aliphatic carbocycles. The molecule has 1 fully saturated rings. The molecule has 4 heteroatoms. The third kappa shape index (κ3) is 4.10. The maximum atomic E-state index is 12.0. The first-order valence-corrected chi connectivity index (χ1v) is 6.13. The smallest absolute Gasteiger partial charge is 0.225 e. The van der Waals surface area contributed by atoms with E-state index >= 15 is 0 Å². The van der Waals surface area contributed by atoms with Crippen LogP contribution in [0.2, 0.25) is 0 Å². The van der Waals surface area contributed by atoms with E-state index in [1.807, 2.05) is 20.9 Å². The van der Waals surface area contributed by atoms with E-state index in [2.05, 4.69) is 0 Å². The zero-order valence-corrected chi connectivity index (χ0v) is 10.6. The molecule has 2 unspecified atom stereocenters. The summed E-state index contributed by atoms with van der Waals surface area (Å²) in [5.74, 6) is 0.361. The van der Waals surface area contributed by atoms with Gasteiger partial charge in [-0.05, 0) is 33.1 Å². The van der Waals surface area contributed by atoms with Gasteiger partial charge in [0.15, 0.2) is 0 Å². The first-order valence-electron chi connectivity index (χ1n) is 6.13. The topological polar surface area (TPSA) is 55.6 Å². The standard InChI is InChI=1S/C12H24N2O2/c1-9(2)16-7-6-14(3)12(15)10-4-5-11(13)8-10/h9-11H,4-8,13H2,1-3H3. The zero-order valence-electron chi connectivity index (χ0n) is 10.6. The van der Waals surface area contributed by atoms with Crippen molar-refractivity contribution in [1.29, 1.82) is 0 Å². The Balaban J connectivity index is 2.25. The second-order valence-electron chi connectivity index (χ2n) is 4.95. The summed E-state index contributed by atoms with van der Waals surface area (Å²) in [7, 11) is 1.84. The third-order valence-electron chi connectivity index (χ3n) is 3.08. The van der Waals surface area contributed by atoms with Crippen molar-refractivity contribution in [3.63, 3.8) is 0 Å².